The minimum atomic E-state index is 0.418. The third kappa shape index (κ3) is 2.75. The minimum Gasteiger partial charge on any atom is -0.329 e. The van der Waals surface area contributed by atoms with Crippen LogP contribution in [0.15, 0.2) is 24.7 Å². The summed E-state index contributed by atoms with van der Waals surface area (Å²) in [6, 6.07) is 2.50. The van der Waals surface area contributed by atoms with Crippen LogP contribution in [0.1, 0.15) is 44.8 Å². The minimum absolute atomic E-state index is 0.418. The van der Waals surface area contributed by atoms with Gasteiger partial charge in [-0.3, -0.25) is 4.68 Å². The molecule has 0 amide bonds. The largest absolute Gasteiger partial charge is 0.329 e. The second-order valence-corrected chi connectivity index (χ2v) is 4.60. The van der Waals surface area contributed by atoms with E-state index in [4.69, 9.17) is 0 Å². The lowest BCUT2D eigenvalue weighted by Crippen LogP contribution is -2.06. The topological polar surface area (TPSA) is 35.6 Å². The van der Waals surface area contributed by atoms with E-state index < -0.39 is 0 Å². The molecule has 0 unspecified atom stereocenters. The maximum atomic E-state index is 4.55. The Morgan fingerprint density at radius 1 is 1.29 bits per heavy atom. The monoisotopic (exact) mass is 232 g/mol. The predicted octanol–water partition coefficient (Wildman–Crippen LogP) is 2.66. The first-order chi connectivity index (χ1) is 8.20. The maximum absolute atomic E-state index is 4.55. The Morgan fingerprint density at radius 2 is 2.12 bits per heavy atom. The molecule has 92 valence electrons. The molecule has 0 aliphatic heterocycles. The standard InChI is InChI=1S/C13H20N4/c1-4-5-13-14-7-9-16(13)10-12-6-8-17(15-12)11(2)3/h6-9,11H,4-5,10H2,1-3H3. The Kier molecular flexibility index (Phi) is 3.61. The van der Waals surface area contributed by atoms with Crippen molar-refractivity contribution in [3.8, 4) is 0 Å². The van der Waals surface area contributed by atoms with Crippen molar-refractivity contribution in [2.75, 3.05) is 0 Å². The van der Waals surface area contributed by atoms with Gasteiger partial charge in [-0.1, -0.05) is 6.92 Å². The highest BCUT2D eigenvalue weighted by Gasteiger charge is 2.06. The Balaban J connectivity index is 2.11. The molecule has 2 heterocycles. The smallest absolute Gasteiger partial charge is 0.108 e. The summed E-state index contributed by atoms with van der Waals surface area (Å²) >= 11 is 0. The van der Waals surface area contributed by atoms with Gasteiger partial charge in [0.1, 0.15) is 5.82 Å². The van der Waals surface area contributed by atoms with Crippen molar-refractivity contribution in [2.24, 2.45) is 0 Å². The van der Waals surface area contributed by atoms with Crippen molar-refractivity contribution in [1.29, 1.82) is 0 Å². The Morgan fingerprint density at radius 3 is 2.76 bits per heavy atom. The molecular formula is C13H20N4. The summed E-state index contributed by atoms with van der Waals surface area (Å²) in [5, 5.41) is 4.55. The molecule has 0 saturated carbocycles. The van der Waals surface area contributed by atoms with Gasteiger partial charge in [0.25, 0.3) is 0 Å². The first-order valence-corrected chi connectivity index (χ1v) is 6.24. The molecule has 4 heteroatoms. The second-order valence-electron chi connectivity index (χ2n) is 4.60. The van der Waals surface area contributed by atoms with E-state index in [2.05, 4.69) is 41.5 Å². The van der Waals surface area contributed by atoms with E-state index in [-0.39, 0.29) is 0 Å². The Hall–Kier alpha value is -1.58. The third-order valence-corrected chi connectivity index (χ3v) is 2.80. The molecule has 0 N–H and O–H groups in total. The quantitative estimate of drug-likeness (QED) is 0.794. The van der Waals surface area contributed by atoms with Crippen LogP contribution < -0.4 is 0 Å². The number of nitrogens with zero attached hydrogens (tertiary/aromatic N) is 4. The SMILES string of the molecule is CCCc1nccn1Cc1ccn(C(C)C)n1. The lowest BCUT2D eigenvalue weighted by atomic mass is 10.3. The molecule has 0 spiro atoms. The fourth-order valence-corrected chi connectivity index (χ4v) is 1.86. The van der Waals surface area contributed by atoms with E-state index in [1.54, 1.807) is 0 Å². The summed E-state index contributed by atoms with van der Waals surface area (Å²) in [5.41, 5.74) is 1.09. The van der Waals surface area contributed by atoms with Gasteiger partial charge in [0.15, 0.2) is 0 Å². The van der Waals surface area contributed by atoms with Crippen molar-refractivity contribution in [2.45, 2.75) is 46.2 Å². The first-order valence-electron chi connectivity index (χ1n) is 6.24. The Labute approximate surface area is 102 Å². The molecule has 0 fully saturated rings. The van der Waals surface area contributed by atoms with E-state index in [0.29, 0.717) is 6.04 Å². The van der Waals surface area contributed by atoms with Crippen molar-refractivity contribution in [3.05, 3.63) is 36.2 Å². The number of hydrogen-bond acceptors (Lipinski definition) is 2. The molecule has 0 bridgehead atoms. The molecule has 0 aromatic carbocycles. The fraction of sp³-hybridized carbons (Fsp3) is 0.538. The number of rotatable bonds is 5. The molecule has 0 atom stereocenters. The average molecular weight is 232 g/mol. The predicted molar refractivity (Wildman–Crippen MR) is 67.9 cm³/mol. The molecule has 17 heavy (non-hydrogen) atoms. The fourth-order valence-electron chi connectivity index (χ4n) is 1.86. The number of imidazole rings is 1. The highest BCUT2D eigenvalue weighted by atomic mass is 15.3. The van der Waals surface area contributed by atoms with Gasteiger partial charge in [-0.15, -0.1) is 0 Å². The van der Waals surface area contributed by atoms with E-state index in [1.165, 1.54) is 0 Å². The highest BCUT2D eigenvalue weighted by Crippen LogP contribution is 2.08. The zero-order valence-electron chi connectivity index (χ0n) is 10.8. The van der Waals surface area contributed by atoms with Gasteiger partial charge in [0, 0.05) is 31.1 Å². The lowest BCUT2D eigenvalue weighted by Gasteiger charge is -2.06. The van der Waals surface area contributed by atoms with Gasteiger partial charge in [-0.25, -0.2) is 4.98 Å². The molecular weight excluding hydrogens is 212 g/mol. The van der Waals surface area contributed by atoms with Crippen molar-refractivity contribution < 1.29 is 0 Å². The summed E-state index contributed by atoms with van der Waals surface area (Å²) in [4.78, 5) is 4.37. The molecule has 0 radical (unpaired) electrons. The van der Waals surface area contributed by atoms with Crippen LogP contribution in [0.3, 0.4) is 0 Å². The summed E-state index contributed by atoms with van der Waals surface area (Å²) in [5.74, 6) is 1.14. The average Bonchev–Trinajstić information content (AvgIpc) is 2.90. The number of hydrogen-bond donors (Lipinski definition) is 0. The van der Waals surface area contributed by atoms with Crippen LogP contribution in [0.5, 0.6) is 0 Å². The molecule has 0 aliphatic rings. The molecule has 4 nitrogen and oxygen atoms in total. The summed E-state index contributed by atoms with van der Waals surface area (Å²) in [6.07, 6.45) is 8.08. The van der Waals surface area contributed by atoms with E-state index in [9.17, 15) is 0 Å². The zero-order valence-corrected chi connectivity index (χ0v) is 10.8. The normalized spacial score (nSPS) is 11.3. The van der Waals surface area contributed by atoms with Crippen molar-refractivity contribution >= 4 is 0 Å². The molecule has 0 aliphatic carbocycles. The lowest BCUT2D eigenvalue weighted by molar-refractivity contribution is 0.522. The van der Waals surface area contributed by atoms with E-state index >= 15 is 0 Å². The second kappa shape index (κ2) is 5.17. The van der Waals surface area contributed by atoms with Gasteiger partial charge >= 0.3 is 0 Å². The van der Waals surface area contributed by atoms with Crippen LogP contribution in [0.4, 0.5) is 0 Å². The molecule has 2 rings (SSSR count). The van der Waals surface area contributed by atoms with Gasteiger partial charge in [0.05, 0.1) is 12.2 Å². The highest BCUT2D eigenvalue weighted by molar-refractivity contribution is 5.03. The van der Waals surface area contributed by atoms with Gasteiger partial charge in [-0.05, 0) is 26.3 Å². The number of aryl methyl sites for hydroxylation is 1. The zero-order chi connectivity index (χ0) is 12.3. The van der Waals surface area contributed by atoms with Crippen molar-refractivity contribution in [1.82, 2.24) is 19.3 Å². The third-order valence-electron chi connectivity index (χ3n) is 2.80. The van der Waals surface area contributed by atoms with Crippen LogP contribution in [-0.2, 0) is 13.0 Å². The molecule has 2 aromatic heterocycles. The maximum Gasteiger partial charge on any atom is 0.108 e. The van der Waals surface area contributed by atoms with Crippen molar-refractivity contribution in [3.63, 3.8) is 0 Å². The van der Waals surface area contributed by atoms with Gasteiger partial charge in [-0.2, -0.15) is 5.10 Å². The van der Waals surface area contributed by atoms with Crippen LogP contribution >= 0.6 is 0 Å². The van der Waals surface area contributed by atoms with Crippen LogP contribution in [0.2, 0.25) is 0 Å². The summed E-state index contributed by atoms with van der Waals surface area (Å²) in [6.45, 7) is 7.26. The Bertz CT molecular complexity index is 467. The summed E-state index contributed by atoms with van der Waals surface area (Å²) < 4.78 is 4.17. The van der Waals surface area contributed by atoms with Crippen LogP contribution in [0.25, 0.3) is 0 Å². The first kappa shape index (κ1) is 11.9. The van der Waals surface area contributed by atoms with Crippen LogP contribution in [0, 0.1) is 0 Å². The van der Waals surface area contributed by atoms with E-state index in [0.717, 1.165) is 30.9 Å². The van der Waals surface area contributed by atoms with E-state index in [1.807, 2.05) is 23.3 Å². The van der Waals surface area contributed by atoms with Gasteiger partial charge < -0.3 is 4.57 Å². The molecule has 2 aromatic rings. The number of aromatic nitrogens is 4. The van der Waals surface area contributed by atoms with Crippen LogP contribution in [-0.4, -0.2) is 19.3 Å². The molecule has 0 saturated heterocycles. The summed E-state index contributed by atoms with van der Waals surface area (Å²) in [7, 11) is 0. The van der Waals surface area contributed by atoms with Gasteiger partial charge in [0.2, 0.25) is 0 Å².